The van der Waals surface area contributed by atoms with Crippen LogP contribution in [0.5, 0.6) is 0 Å². The average molecular weight is 434 g/mol. The summed E-state index contributed by atoms with van der Waals surface area (Å²) in [5.74, 6) is 1.26. The molecule has 0 atom stereocenters. The summed E-state index contributed by atoms with van der Waals surface area (Å²) in [6.07, 6.45) is 1.02. The number of nitrogens with one attached hydrogen (secondary N) is 2. The minimum Gasteiger partial charge on any atom is -0.354 e. The van der Waals surface area contributed by atoms with E-state index in [4.69, 9.17) is 0 Å². The molecular weight excluding hydrogens is 405 g/mol. The van der Waals surface area contributed by atoms with E-state index >= 15 is 0 Å². The summed E-state index contributed by atoms with van der Waals surface area (Å²) in [6.45, 7) is 6.51. The number of carbonyl (C=O) groups is 1. The van der Waals surface area contributed by atoms with Gasteiger partial charge in [-0.1, -0.05) is 19.1 Å². The molecule has 3 rings (SSSR count). The summed E-state index contributed by atoms with van der Waals surface area (Å²) in [5, 5.41) is 7.12. The van der Waals surface area contributed by atoms with Crippen LogP contribution in [0.3, 0.4) is 0 Å². The lowest BCUT2D eigenvalue weighted by Gasteiger charge is -2.36. The summed E-state index contributed by atoms with van der Waals surface area (Å²) in [6, 6.07) is 6.10. The molecular formula is C20H28FN7OS. The van der Waals surface area contributed by atoms with Crippen molar-refractivity contribution < 1.29 is 9.18 Å². The third-order valence-electron chi connectivity index (χ3n) is 4.82. The largest absolute Gasteiger partial charge is 0.354 e. The second-order valence-electron chi connectivity index (χ2n) is 6.95. The number of amides is 1. The van der Waals surface area contributed by atoms with E-state index in [0.717, 1.165) is 49.5 Å². The molecule has 1 amide bonds. The van der Waals surface area contributed by atoms with Crippen molar-refractivity contribution >= 4 is 28.5 Å². The van der Waals surface area contributed by atoms with Gasteiger partial charge in [0.05, 0.1) is 6.42 Å². The topological polar surface area (TPSA) is 85.8 Å². The van der Waals surface area contributed by atoms with Crippen molar-refractivity contribution in [2.75, 3.05) is 51.2 Å². The molecule has 2 heterocycles. The van der Waals surface area contributed by atoms with E-state index in [1.165, 1.54) is 23.7 Å². The van der Waals surface area contributed by atoms with Gasteiger partial charge in [0.15, 0.2) is 5.96 Å². The van der Waals surface area contributed by atoms with Gasteiger partial charge in [-0.3, -0.25) is 9.79 Å². The van der Waals surface area contributed by atoms with E-state index < -0.39 is 0 Å². The fourth-order valence-corrected chi connectivity index (χ4v) is 4.03. The smallest absolute Gasteiger partial charge is 0.224 e. The maximum absolute atomic E-state index is 13.2. The Labute approximate surface area is 180 Å². The summed E-state index contributed by atoms with van der Waals surface area (Å²) in [7, 11) is 1.76. The molecule has 2 aromatic rings. The van der Waals surface area contributed by atoms with Crippen molar-refractivity contribution in [1.29, 1.82) is 0 Å². The van der Waals surface area contributed by atoms with Crippen LogP contribution in [0.15, 0.2) is 29.3 Å². The number of benzene rings is 1. The van der Waals surface area contributed by atoms with E-state index in [9.17, 15) is 9.18 Å². The van der Waals surface area contributed by atoms with Crippen LogP contribution in [0.25, 0.3) is 0 Å². The second-order valence-corrected chi connectivity index (χ2v) is 7.68. The molecule has 0 bridgehead atoms. The van der Waals surface area contributed by atoms with Gasteiger partial charge in [-0.2, -0.15) is 4.37 Å². The number of rotatable bonds is 7. The van der Waals surface area contributed by atoms with Crippen LogP contribution < -0.4 is 15.5 Å². The van der Waals surface area contributed by atoms with Crippen molar-refractivity contribution in [1.82, 2.24) is 24.9 Å². The Bertz CT molecular complexity index is 864. The lowest BCUT2D eigenvalue weighted by Crippen LogP contribution is -2.53. The Hall–Kier alpha value is -2.75. The molecule has 1 aromatic carbocycles. The monoisotopic (exact) mass is 433 g/mol. The maximum Gasteiger partial charge on any atom is 0.224 e. The number of aromatic nitrogens is 2. The fraction of sp³-hybridized carbons (Fsp3) is 0.500. The Morgan fingerprint density at radius 1 is 1.23 bits per heavy atom. The highest BCUT2D eigenvalue weighted by Gasteiger charge is 2.21. The Morgan fingerprint density at radius 3 is 2.67 bits per heavy atom. The molecule has 10 heteroatoms. The Balaban J connectivity index is 1.37. The van der Waals surface area contributed by atoms with E-state index in [1.807, 2.05) is 0 Å². The molecule has 0 aliphatic carbocycles. The number of hydrogen-bond acceptors (Lipinski definition) is 6. The number of anilines is 1. The third-order valence-corrected chi connectivity index (χ3v) is 5.63. The van der Waals surface area contributed by atoms with Gasteiger partial charge in [-0.25, -0.2) is 9.37 Å². The molecule has 1 aliphatic heterocycles. The van der Waals surface area contributed by atoms with E-state index in [-0.39, 0.29) is 18.1 Å². The summed E-state index contributed by atoms with van der Waals surface area (Å²) >= 11 is 1.46. The van der Waals surface area contributed by atoms with E-state index in [1.54, 1.807) is 19.2 Å². The predicted molar refractivity (Wildman–Crippen MR) is 118 cm³/mol. The van der Waals surface area contributed by atoms with Crippen LogP contribution in [0.2, 0.25) is 0 Å². The molecule has 1 aliphatic rings. The van der Waals surface area contributed by atoms with Crippen LogP contribution in [0.1, 0.15) is 18.3 Å². The number of aliphatic imine (C=N–C) groups is 1. The molecule has 2 N–H and O–H groups in total. The normalized spacial score (nSPS) is 14.7. The number of halogens is 1. The van der Waals surface area contributed by atoms with Crippen molar-refractivity contribution in [2.45, 2.75) is 19.8 Å². The van der Waals surface area contributed by atoms with Gasteiger partial charge in [-0.15, -0.1) is 0 Å². The van der Waals surface area contributed by atoms with Crippen LogP contribution in [0.4, 0.5) is 9.52 Å². The zero-order chi connectivity index (χ0) is 21.3. The SMILES string of the molecule is CCc1nsc(N2CCN(C(=NC)NCCNC(=O)Cc3cccc(F)c3)CC2)n1. The highest BCUT2D eigenvalue weighted by atomic mass is 32.1. The number of hydrogen-bond donors (Lipinski definition) is 2. The molecule has 162 valence electrons. The van der Waals surface area contributed by atoms with Gasteiger partial charge in [0.1, 0.15) is 11.6 Å². The first-order valence-electron chi connectivity index (χ1n) is 10.1. The standard InChI is InChI=1S/C20H28FN7OS/c1-3-17-25-20(30-26-17)28-11-9-27(10-12-28)19(22-2)24-8-7-23-18(29)14-15-5-4-6-16(21)13-15/h4-6,13H,3,7-12,14H2,1-2H3,(H,22,24)(H,23,29). The van der Waals surface area contributed by atoms with Gasteiger partial charge < -0.3 is 20.4 Å². The van der Waals surface area contributed by atoms with Crippen LogP contribution in [-0.4, -0.2) is 72.4 Å². The molecule has 0 unspecified atom stereocenters. The first kappa shape index (κ1) is 21.9. The van der Waals surface area contributed by atoms with Crippen molar-refractivity contribution in [3.05, 3.63) is 41.5 Å². The quantitative estimate of drug-likeness (QED) is 0.389. The lowest BCUT2D eigenvalue weighted by atomic mass is 10.1. The van der Waals surface area contributed by atoms with Crippen LogP contribution >= 0.6 is 11.5 Å². The highest BCUT2D eigenvalue weighted by molar-refractivity contribution is 7.09. The van der Waals surface area contributed by atoms with Gasteiger partial charge in [-0.05, 0) is 17.7 Å². The molecule has 30 heavy (non-hydrogen) atoms. The minimum absolute atomic E-state index is 0.130. The molecule has 1 aromatic heterocycles. The summed E-state index contributed by atoms with van der Waals surface area (Å²) in [4.78, 5) is 25.4. The number of aryl methyl sites for hydroxylation is 1. The van der Waals surface area contributed by atoms with Gasteiger partial charge in [0.2, 0.25) is 11.0 Å². The van der Waals surface area contributed by atoms with Gasteiger partial charge >= 0.3 is 0 Å². The third kappa shape index (κ3) is 6.12. The Morgan fingerprint density at radius 2 is 2.00 bits per heavy atom. The maximum atomic E-state index is 13.2. The molecule has 8 nitrogen and oxygen atoms in total. The van der Waals surface area contributed by atoms with Crippen molar-refractivity contribution in [3.8, 4) is 0 Å². The fourth-order valence-electron chi connectivity index (χ4n) is 3.23. The first-order valence-corrected chi connectivity index (χ1v) is 10.9. The predicted octanol–water partition coefficient (Wildman–Crippen LogP) is 1.30. The first-order chi connectivity index (χ1) is 14.6. The van der Waals surface area contributed by atoms with E-state index in [0.29, 0.717) is 18.7 Å². The van der Waals surface area contributed by atoms with E-state index in [2.05, 4.69) is 41.7 Å². The van der Waals surface area contributed by atoms with Crippen LogP contribution in [0, 0.1) is 5.82 Å². The van der Waals surface area contributed by atoms with Crippen molar-refractivity contribution in [2.24, 2.45) is 4.99 Å². The number of guanidine groups is 1. The van der Waals surface area contributed by atoms with Crippen LogP contribution in [-0.2, 0) is 17.6 Å². The minimum atomic E-state index is -0.331. The molecule has 0 spiro atoms. The van der Waals surface area contributed by atoms with Gasteiger partial charge in [0.25, 0.3) is 0 Å². The second kappa shape index (κ2) is 10.9. The molecule has 1 fully saturated rings. The van der Waals surface area contributed by atoms with Gasteiger partial charge in [0, 0.05) is 64.3 Å². The highest BCUT2D eigenvalue weighted by Crippen LogP contribution is 2.19. The summed E-state index contributed by atoms with van der Waals surface area (Å²) < 4.78 is 17.6. The lowest BCUT2D eigenvalue weighted by molar-refractivity contribution is -0.120. The molecule has 1 saturated heterocycles. The number of carbonyl (C=O) groups excluding carboxylic acids is 1. The zero-order valence-corrected chi connectivity index (χ0v) is 18.2. The average Bonchev–Trinajstić information content (AvgIpc) is 3.23. The molecule has 0 radical (unpaired) electrons. The Kier molecular flexibility index (Phi) is 7.95. The number of piperazine rings is 1. The van der Waals surface area contributed by atoms with Crippen molar-refractivity contribution in [3.63, 3.8) is 0 Å². The summed E-state index contributed by atoms with van der Waals surface area (Å²) in [5.41, 5.74) is 0.663. The zero-order valence-electron chi connectivity index (χ0n) is 17.4. The number of nitrogens with zero attached hydrogens (tertiary/aromatic N) is 5. The molecule has 0 saturated carbocycles.